The van der Waals surface area contributed by atoms with Gasteiger partial charge < -0.3 is 5.32 Å². The summed E-state index contributed by atoms with van der Waals surface area (Å²) in [5, 5.41) is 2.78. The van der Waals surface area contributed by atoms with E-state index in [1.54, 1.807) is 6.07 Å². The Morgan fingerprint density at radius 3 is 2.75 bits per heavy atom. The molecule has 1 aliphatic carbocycles. The number of nitrogens with one attached hydrogen (secondary N) is 1. The van der Waals surface area contributed by atoms with Crippen molar-refractivity contribution in [1.82, 2.24) is 0 Å². The lowest BCUT2D eigenvalue weighted by atomic mass is 9.85. The third-order valence-corrected chi connectivity index (χ3v) is 3.61. The van der Waals surface area contributed by atoms with Gasteiger partial charge in [0.25, 0.3) is 0 Å². The van der Waals surface area contributed by atoms with Crippen LogP contribution >= 0.6 is 15.9 Å². The number of aryl methyl sites for hydroxylation is 1. The molecule has 0 aromatic heterocycles. The summed E-state index contributed by atoms with van der Waals surface area (Å²) in [5.74, 6) is -0.225. The van der Waals surface area contributed by atoms with E-state index in [0.29, 0.717) is 10.2 Å². The molecule has 86 valence electrons. The van der Waals surface area contributed by atoms with Crippen LogP contribution in [0, 0.1) is 18.7 Å². The number of carbonyl (C=O) groups is 1. The summed E-state index contributed by atoms with van der Waals surface area (Å²) in [6.45, 7) is 1.85. The monoisotopic (exact) mass is 285 g/mol. The van der Waals surface area contributed by atoms with Crippen molar-refractivity contribution in [1.29, 1.82) is 0 Å². The minimum absolute atomic E-state index is 0.0103. The van der Waals surface area contributed by atoms with E-state index in [4.69, 9.17) is 0 Å². The lowest BCUT2D eigenvalue weighted by Crippen LogP contribution is -2.28. The van der Waals surface area contributed by atoms with Crippen molar-refractivity contribution < 1.29 is 9.18 Å². The fourth-order valence-electron chi connectivity index (χ4n) is 1.69. The first kappa shape index (κ1) is 11.6. The Kier molecular flexibility index (Phi) is 3.28. The minimum Gasteiger partial charge on any atom is -0.326 e. The lowest BCUT2D eigenvalue weighted by molar-refractivity contribution is -0.122. The molecule has 2 rings (SSSR count). The van der Waals surface area contributed by atoms with Crippen LogP contribution in [-0.4, -0.2) is 5.91 Å². The second-order valence-electron chi connectivity index (χ2n) is 4.20. The molecule has 1 saturated carbocycles. The maximum Gasteiger partial charge on any atom is 0.227 e. The second-order valence-corrected chi connectivity index (χ2v) is 5.05. The molecule has 0 spiro atoms. The van der Waals surface area contributed by atoms with Crippen LogP contribution in [-0.2, 0) is 4.79 Å². The van der Waals surface area contributed by atoms with Crippen LogP contribution in [0.4, 0.5) is 10.1 Å². The Balaban J connectivity index is 2.14. The Bertz CT molecular complexity index is 429. The van der Waals surface area contributed by atoms with Gasteiger partial charge in [-0.3, -0.25) is 4.79 Å². The van der Waals surface area contributed by atoms with E-state index in [9.17, 15) is 9.18 Å². The summed E-state index contributed by atoms with van der Waals surface area (Å²) in [7, 11) is 0. The number of halogens is 2. The van der Waals surface area contributed by atoms with Crippen molar-refractivity contribution >= 4 is 27.5 Å². The zero-order valence-corrected chi connectivity index (χ0v) is 10.6. The molecule has 0 saturated heterocycles. The molecular formula is C12H13BrFNO. The topological polar surface area (TPSA) is 29.1 Å². The fraction of sp³-hybridized carbons (Fsp3) is 0.417. The highest BCUT2D eigenvalue weighted by atomic mass is 79.9. The predicted molar refractivity (Wildman–Crippen MR) is 64.8 cm³/mol. The molecule has 1 amide bonds. The van der Waals surface area contributed by atoms with Gasteiger partial charge in [0.15, 0.2) is 0 Å². The summed E-state index contributed by atoms with van der Waals surface area (Å²) >= 11 is 3.11. The number of benzene rings is 1. The molecule has 0 bridgehead atoms. The molecule has 16 heavy (non-hydrogen) atoms. The van der Waals surface area contributed by atoms with Gasteiger partial charge in [0.2, 0.25) is 5.91 Å². The van der Waals surface area contributed by atoms with Gasteiger partial charge in [-0.25, -0.2) is 4.39 Å². The maximum absolute atomic E-state index is 13.3. The standard InChI is InChI=1S/C12H13BrFNO/c1-7-5-9(13)10(14)6-11(7)15-12(16)8-3-2-4-8/h5-6,8H,2-4H2,1H3,(H,15,16). The number of hydrogen-bond donors (Lipinski definition) is 1. The number of carbonyl (C=O) groups excluding carboxylic acids is 1. The van der Waals surface area contributed by atoms with E-state index in [-0.39, 0.29) is 17.6 Å². The zero-order valence-electron chi connectivity index (χ0n) is 9.02. The quantitative estimate of drug-likeness (QED) is 0.883. The summed E-state index contributed by atoms with van der Waals surface area (Å²) < 4.78 is 13.7. The van der Waals surface area contributed by atoms with Crippen molar-refractivity contribution in [2.24, 2.45) is 5.92 Å². The van der Waals surface area contributed by atoms with Gasteiger partial charge in [-0.15, -0.1) is 0 Å². The Morgan fingerprint density at radius 1 is 1.50 bits per heavy atom. The van der Waals surface area contributed by atoms with Crippen molar-refractivity contribution in [2.45, 2.75) is 26.2 Å². The van der Waals surface area contributed by atoms with Crippen LogP contribution in [0.15, 0.2) is 16.6 Å². The molecule has 4 heteroatoms. The highest BCUT2D eigenvalue weighted by Gasteiger charge is 2.25. The highest BCUT2D eigenvalue weighted by Crippen LogP contribution is 2.29. The summed E-state index contributed by atoms with van der Waals surface area (Å²) in [6, 6.07) is 3.03. The van der Waals surface area contributed by atoms with Crippen molar-refractivity contribution in [2.75, 3.05) is 5.32 Å². The van der Waals surface area contributed by atoms with Crippen LogP contribution in [0.3, 0.4) is 0 Å². The van der Waals surface area contributed by atoms with E-state index >= 15 is 0 Å². The molecule has 1 fully saturated rings. The zero-order chi connectivity index (χ0) is 11.7. The van der Waals surface area contributed by atoms with Gasteiger partial charge in [-0.2, -0.15) is 0 Å². The smallest absolute Gasteiger partial charge is 0.227 e. The Morgan fingerprint density at radius 2 is 2.19 bits per heavy atom. The van der Waals surface area contributed by atoms with Crippen molar-refractivity contribution in [3.8, 4) is 0 Å². The molecular weight excluding hydrogens is 273 g/mol. The van der Waals surface area contributed by atoms with E-state index in [0.717, 1.165) is 24.8 Å². The summed E-state index contributed by atoms with van der Waals surface area (Å²) in [5.41, 5.74) is 1.43. The maximum atomic E-state index is 13.3. The average Bonchev–Trinajstić information content (AvgIpc) is 2.11. The molecule has 1 aromatic rings. The largest absolute Gasteiger partial charge is 0.326 e. The van der Waals surface area contributed by atoms with Crippen LogP contribution < -0.4 is 5.32 Å². The van der Waals surface area contributed by atoms with E-state index in [1.807, 2.05) is 6.92 Å². The van der Waals surface area contributed by atoms with Crippen LogP contribution in [0.5, 0.6) is 0 Å². The molecule has 1 aromatic carbocycles. The van der Waals surface area contributed by atoms with Crippen molar-refractivity contribution in [3.63, 3.8) is 0 Å². The number of hydrogen-bond acceptors (Lipinski definition) is 1. The predicted octanol–water partition coefficient (Wildman–Crippen LogP) is 3.64. The van der Waals surface area contributed by atoms with Gasteiger partial charge in [0, 0.05) is 11.6 Å². The normalized spacial score (nSPS) is 15.7. The van der Waals surface area contributed by atoms with E-state index in [2.05, 4.69) is 21.2 Å². The summed E-state index contributed by atoms with van der Waals surface area (Å²) in [4.78, 5) is 11.7. The first-order valence-electron chi connectivity index (χ1n) is 5.34. The first-order valence-corrected chi connectivity index (χ1v) is 6.13. The minimum atomic E-state index is -0.352. The van der Waals surface area contributed by atoms with E-state index in [1.165, 1.54) is 6.07 Å². The second kappa shape index (κ2) is 4.53. The van der Waals surface area contributed by atoms with E-state index < -0.39 is 0 Å². The molecule has 1 N–H and O–H groups in total. The molecule has 1 aliphatic rings. The van der Waals surface area contributed by atoms with Gasteiger partial charge in [0.1, 0.15) is 5.82 Å². The first-order chi connectivity index (χ1) is 7.58. The lowest BCUT2D eigenvalue weighted by Gasteiger charge is -2.24. The van der Waals surface area contributed by atoms with Crippen LogP contribution in [0.25, 0.3) is 0 Å². The highest BCUT2D eigenvalue weighted by molar-refractivity contribution is 9.10. The number of amides is 1. The van der Waals surface area contributed by atoms with Crippen LogP contribution in [0.1, 0.15) is 24.8 Å². The molecule has 0 unspecified atom stereocenters. The van der Waals surface area contributed by atoms with Gasteiger partial charge >= 0.3 is 0 Å². The third kappa shape index (κ3) is 2.26. The van der Waals surface area contributed by atoms with Crippen molar-refractivity contribution in [3.05, 3.63) is 28.0 Å². The SMILES string of the molecule is Cc1cc(Br)c(F)cc1NC(=O)C1CCC1. The van der Waals surface area contributed by atoms with Gasteiger partial charge in [-0.05, 0) is 53.4 Å². The molecule has 0 aliphatic heterocycles. The number of rotatable bonds is 2. The number of anilines is 1. The van der Waals surface area contributed by atoms with Crippen LogP contribution in [0.2, 0.25) is 0 Å². The van der Waals surface area contributed by atoms with Gasteiger partial charge in [-0.1, -0.05) is 6.42 Å². The molecule has 0 heterocycles. The third-order valence-electron chi connectivity index (χ3n) is 3.00. The average molecular weight is 286 g/mol. The van der Waals surface area contributed by atoms with Gasteiger partial charge in [0.05, 0.1) is 4.47 Å². The molecule has 0 radical (unpaired) electrons. The molecule has 2 nitrogen and oxygen atoms in total. The summed E-state index contributed by atoms with van der Waals surface area (Å²) in [6.07, 6.45) is 3.01. The fourth-order valence-corrected chi connectivity index (χ4v) is 2.14. The Labute approximate surface area is 102 Å². The molecule has 0 atom stereocenters. The Hall–Kier alpha value is -0.900.